The molecular formula is C21H26N4O4. The molecule has 0 bridgehead atoms. The molecule has 2 amide bonds. The summed E-state index contributed by atoms with van der Waals surface area (Å²) < 4.78 is 5.91. The summed E-state index contributed by atoms with van der Waals surface area (Å²) in [6.07, 6.45) is 2.28. The Kier molecular flexibility index (Phi) is 5.58. The second kappa shape index (κ2) is 8.29. The first-order valence-electron chi connectivity index (χ1n) is 10.2. The predicted molar refractivity (Wildman–Crippen MR) is 105 cm³/mol. The molecule has 0 radical (unpaired) electrons. The van der Waals surface area contributed by atoms with E-state index in [-0.39, 0.29) is 18.6 Å². The highest BCUT2D eigenvalue weighted by molar-refractivity contribution is 5.86. The third-order valence-electron chi connectivity index (χ3n) is 5.99. The first kappa shape index (κ1) is 19.5. The Morgan fingerprint density at radius 2 is 1.86 bits per heavy atom. The first-order valence-corrected chi connectivity index (χ1v) is 10.2. The quantitative estimate of drug-likeness (QED) is 0.830. The molecule has 2 heterocycles. The van der Waals surface area contributed by atoms with Gasteiger partial charge in [0.1, 0.15) is 17.9 Å². The van der Waals surface area contributed by atoms with Gasteiger partial charge in [-0.15, -0.1) is 0 Å². The van der Waals surface area contributed by atoms with Gasteiger partial charge in [0, 0.05) is 38.6 Å². The third kappa shape index (κ3) is 4.46. The molecule has 1 saturated carbocycles. The van der Waals surface area contributed by atoms with Crippen LogP contribution in [0.5, 0.6) is 5.75 Å². The number of hydrogen-bond donors (Lipinski definition) is 1. The van der Waals surface area contributed by atoms with Crippen LogP contribution in [0.25, 0.3) is 0 Å². The van der Waals surface area contributed by atoms with Crippen LogP contribution >= 0.6 is 0 Å². The number of hydrogen-bond acceptors (Lipinski definition) is 5. The SMILES string of the molecule is N#Cc1ccc(O[C@H]2C[C@H](C(=O)N3CCCN(C4CC4)CC3)N(C(=O)O)C2)cc1. The molecule has 1 N–H and O–H groups in total. The van der Waals surface area contributed by atoms with Gasteiger partial charge in [-0.3, -0.25) is 14.6 Å². The number of carbonyl (C=O) groups excluding carboxylic acids is 1. The molecule has 2 atom stereocenters. The number of carboxylic acid groups (broad SMARTS) is 1. The fourth-order valence-corrected chi connectivity index (χ4v) is 4.30. The van der Waals surface area contributed by atoms with E-state index in [9.17, 15) is 14.7 Å². The van der Waals surface area contributed by atoms with E-state index in [1.54, 1.807) is 24.3 Å². The van der Waals surface area contributed by atoms with Gasteiger partial charge in [-0.2, -0.15) is 5.26 Å². The van der Waals surface area contributed by atoms with Crippen molar-refractivity contribution in [1.29, 1.82) is 5.26 Å². The molecule has 4 rings (SSSR count). The van der Waals surface area contributed by atoms with Gasteiger partial charge in [0.05, 0.1) is 18.2 Å². The molecule has 2 aliphatic heterocycles. The summed E-state index contributed by atoms with van der Waals surface area (Å²) >= 11 is 0. The van der Waals surface area contributed by atoms with Gasteiger partial charge in [-0.1, -0.05) is 0 Å². The highest BCUT2D eigenvalue weighted by Crippen LogP contribution is 2.29. The fraction of sp³-hybridized carbons (Fsp3) is 0.571. The molecule has 3 aliphatic rings. The van der Waals surface area contributed by atoms with E-state index < -0.39 is 12.1 Å². The van der Waals surface area contributed by atoms with Crippen molar-refractivity contribution in [1.82, 2.24) is 14.7 Å². The average molecular weight is 398 g/mol. The Hall–Kier alpha value is -2.79. The molecule has 154 valence electrons. The average Bonchev–Trinajstić information content (AvgIpc) is 3.51. The van der Waals surface area contributed by atoms with Gasteiger partial charge in [0.2, 0.25) is 5.91 Å². The van der Waals surface area contributed by atoms with E-state index >= 15 is 0 Å². The second-order valence-corrected chi connectivity index (χ2v) is 8.01. The number of nitrogens with zero attached hydrogens (tertiary/aromatic N) is 4. The van der Waals surface area contributed by atoms with Crippen LogP contribution in [0.4, 0.5) is 4.79 Å². The van der Waals surface area contributed by atoms with Crippen molar-refractivity contribution in [2.75, 3.05) is 32.7 Å². The van der Waals surface area contributed by atoms with Crippen LogP contribution in [-0.4, -0.2) is 82.7 Å². The highest BCUT2D eigenvalue weighted by atomic mass is 16.5. The molecule has 0 unspecified atom stereocenters. The monoisotopic (exact) mass is 398 g/mol. The van der Waals surface area contributed by atoms with Gasteiger partial charge < -0.3 is 14.7 Å². The number of rotatable bonds is 4. The van der Waals surface area contributed by atoms with Crippen molar-refractivity contribution in [2.45, 2.75) is 43.9 Å². The minimum absolute atomic E-state index is 0.115. The van der Waals surface area contributed by atoms with E-state index in [4.69, 9.17) is 10.00 Å². The molecule has 0 aromatic heterocycles. The number of ether oxygens (including phenoxy) is 1. The number of nitriles is 1. The standard InChI is InChI=1S/C21H26N4O4/c22-13-15-2-6-17(7-3-15)29-18-12-19(25(14-18)21(27)28)20(26)24-9-1-8-23(10-11-24)16-4-5-16/h2-3,6-7,16,18-19H,1,4-5,8-12,14H2,(H,27,28)/t18-,19+/m0/s1. The van der Waals surface area contributed by atoms with Crippen molar-refractivity contribution in [3.8, 4) is 11.8 Å². The number of likely N-dealkylation sites (tertiary alicyclic amines) is 1. The molecular weight excluding hydrogens is 372 g/mol. The largest absolute Gasteiger partial charge is 0.488 e. The molecule has 1 aliphatic carbocycles. The van der Waals surface area contributed by atoms with Crippen molar-refractivity contribution < 1.29 is 19.4 Å². The van der Waals surface area contributed by atoms with Gasteiger partial charge in [-0.25, -0.2) is 4.79 Å². The van der Waals surface area contributed by atoms with Crippen LogP contribution in [0.1, 0.15) is 31.2 Å². The number of carbonyl (C=O) groups is 2. The Balaban J connectivity index is 1.40. The van der Waals surface area contributed by atoms with E-state index in [1.807, 2.05) is 4.90 Å². The number of benzene rings is 1. The molecule has 8 heteroatoms. The maximum absolute atomic E-state index is 13.2. The molecule has 1 aromatic carbocycles. The first-order chi connectivity index (χ1) is 14.0. The van der Waals surface area contributed by atoms with Gasteiger partial charge in [0.25, 0.3) is 0 Å². The lowest BCUT2D eigenvalue weighted by Crippen LogP contribution is -2.48. The lowest BCUT2D eigenvalue weighted by atomic mass is 10.1. The van der Waals surface area contributed by atoms with Crippen LogP contribution in [0.3, 0.4) is 0 Å². The smallest absolute Gasteiger partial charge is 0.408 e. The Bertz CT molecular complexity index is 802. The lowest BCUT2D eigenvalue weighted by Gasteiger charge is -2.28. The summed E-state index contributed by atoms with van der Waals surface area (Å²) in [6, 6.07) is 8.73. The molecule has 3 fully saturated rings. The van der Waals surface area contributed by atoms with Crippen molar-refractivity contribution >= 4 is 12.0 Å². The van der Waals surface area contributed by atoms with Crippen LogP contribution in [0.15, 0.2) is 24.3 Å². The topological polar surface area (TPSA) is 97.1 Å². The van der Waals surface area contributed by atoms with Crippen LogP contribution in [0.2, 0.25) is 0 Å². The summed E-state index contributed by atoms with van der Waals surface area (Å²) in [5, 5.41) is 18.5. The summed E-state index contributed by atoms with van der Waals surface area (Å²) in [6.45, 7) is 3.36. The van der Waals surface area contributed by atoms with E-state index in [0.717, 1.165) is 19.5 Å². The summed E-state index contributed by atoms with van der Waals surface area (Å²) in [7, 11) is 0. The summed E-state index contributed by atoms with van der Waals surface area (Å²) in [4.78, 5) is 30.4. The minimum Gasteiger partial charge on any atom is -0.488 e. The van der Waals surface area contributed by atoms with Crippen molar-refractivity contribution in [3.63, 3.8) is 0 Å². The molecule has 1 aromatic rings. The Labute approximate surface area is 170 Å². The van der Waals surface area contributed by atoms with E-state index in [0.29, 0.717) is 36.9 Å². The molecule has 2 saturated heterocycles. The zero-order chi connectivity index (χ0) is 20.4. The normalized spacial score (nSPS) is 25.3. The maximum atomic E-state index is 13.2. The number of amides is 2. The van der Waals surface area contributed by atoms with E-state index in [2.05, 4.69) is 11.0 Å². The zero-order valence-electron chi connectivity index (χ0n) is 16.4. The van der Waals surface area contributed by atoms with Crippen LogP contribution in [-0.2, 0) is 4.79 Å². The highest BCUT2D eigenvalue weighted by Gasteiger charge is 2.43. The second-order valence-electron chi connectivity index (χ2n) is 8.01. The minimum atomic E-state index is -1.09. The zero-order valence-corrected chi connectivity index (χ0v) is 16.4. The van der Waals surface area contributed by atoms with Gasteiger partial charge in [-0.05, 0) is 43.5 Å². The molecule has 8 nitrogen and oxygen atoms in total. The maximum Gasteiger partial charge on any atom is 0.408 e. The fourth-order valence-electron chi connectivity index (χ4n) is 4.30. The lowest BCUT2D eigenvalue weighted by molar-refractivity contribution is -0.135. The van der Waals surface area contributed by atoms with Gasteiger partial charge in [0.15, 0.2) is 0 Å². The molecule has 29 heavy (non-hydrogen) atoms. The van der Waals surface area contributed by atoms with E-state index in [1.165, 1.54) is 17.7 Å². The van der Waals surface area contributed by atoms with Crippen LogP contribution in [0, 0.1) is 11.3 Å². The van der Waals surface area contributed by atoms with Crippen LogP contribution < -0.4 is 4.74 Å². The summed E-state index contributed by atoms with van der Waals surface area (Å²) in [5.74, 6) is 0.457. The third-order valence-corrected chi connectivity index (χ3v) is 5.99. The van der Waals surface area contributed by atoms with Crippen molar-refractivity contribution in [3.05, 3.63) is 29.8 Å². The van der Waals surface area contributed by atoms with Crippen molar-refractivity contribution in [2.24, 2.45) is 0 Å². The summed E-state index contributed by atoms with van der Waals surface area (Å²) in [5.41, 5.74) is 0.533. The molecule has 0 spiro atoms. The van der Waals surface area contributed by atoms with Gasteiger partial charge >= 0.3 is 6.09 Å². The predicted octanol–water partition coefficient (Wildman–Crippen LogP) is 1.75. The Morgan fingerprint density at radius 1 is 1.10 bits per heavy atom. The Morgan fingerprint density at radius 3 is 2.52 bits per heavy atom.